The lowest BCUT2D eigenvalue weighted by molar-refractivity contribution is 0.886. The zero-order valence-electron chi connectivity index (χ0n) is 13.4. The summed E-state index contributed by atoms with van der Waals surface area (Å²) in [4.78, 5) is 6.94. The molecule has 2 nitrogen and oxygen atoms in total. The Labute approximate surface area is 147 Å². The van der Waals surface area contributed by atoms with Crippen LogP contribution in [0, 0.1) is 0 Å². The second kappa shape index (κ2) is 6.63. The average molecular weight is 350 g/mol. The first-order valence-electron chi connectivity index (χ1n) is 8.14. The molecule has 2 heterocycles. The number of hydrogen-bond acceptors (Lipinski definition) is 2. The smallest absolute Gasteiger partial charge is 0.0708 e. The van der Waals surface area contributed by atoms with Crippen LogP contribution in [-0.4, -0.2) is 23.5 Å². The topological polar surface area (TPSA) is 16.1 Å². The summed E-state index contributed by atoms with van der Waals surface area (Å²) in [6.07, 6.45) is 4.26. The number of rotatable bonds is 3. The Morgan fingerprint density at radius 1 is 0.958 bits per heavy atom. The summed E-state index contributed by atoms with van der Waals surface area (Å²) in [7, 11) is 5.73. The van der Waals surface area contributed by atoms with Crippen LogP contribution in [0.5, 0.6) is 0 Å². The number of benzene rings is 2. The van der Waals surface area contributed by atoms with Crippen LogP contribution in [0.1, 0.15) is 11.1 Å². The molecule has 1 aliphatic rings. The molecule has 2 atom stereocenters. The van der Waals surface area contributed by atoms with Gasteiger partial charge in [0.25, 0.3) is 0 Å². The highest BCUT2D eigenvalue weighted by Crippen LogP contribution is 2.38. The fraction of sp³-hybridized carbons (Fsp3) is 0.150. The van der Waals surface area contributed by atoms with Crippen molar-refractivity contribution in [1.29, 1.82) is 0 Å². The molecule has 0 radical (unpaired) electrons. The van der Waals surface area contributed by atoms with Gasteiger partial charge in [0.1, 0.15) is 0 Å². The highest BCUT2D eigenvalue weighted by Gasteiger charge is 2.21. The van der Waals surface area contributed by atoms with E-state index in [0.717, 1.165) is 18.6 Å². The van der Waals surface area contributed by atoms with Gasteiger partial charge >= 0.3 is 0 Å². The van der Waals surface area contributed by atoms with Gasteiger partial charge in [-0.25, -0.2) is 0 Å². The lowest BCUT2D eigenvalue weighted by Crippen LogP contribution is -2.31. The SMILES string of the molecule is PC(P)CN1CC=C(c2ccnc3ccccc23)c2ccccc21. The van der Waals surface area contributed by atoms with Crippen molar-refractivity contribution >= 4 is 40.6 Å². The standard InChI is InChI=1S/C20H20N2P2/c23-20(24)13-22-12-10-15(17-6-2-4-8-19(17)22)14-9-11-21-18-7-3-1-5-16(14)18/h1-11,20H,12-13,23-24H2. The maximum atomic E-state index is 4.50. The highest BCUT2D eigenvalue weighted by atomic mass is 31.1. The van der Waals surface area contributed by atoms with Gasteiger partial charge in [0.15, 0.2) is 0 Å². The molecule has 0 aliphatic carbocycles. The molecule has 0 N–H and O–H groups in total. The minimum atomic E-state index is 0.481. The molecule has 2 unspecified atom stereocenters. The van der Waals surface area contributed by atoms with E-state index < -0.39 is 0 Å². The van der Waals surface area contributed by atoms with E-state index in [1.54, 1.807) is 0 Å². The molecule has 0 fully saturated rings. The Kier molecular flexibility index (Phi) is 4.35. The Bertz CT molecular complexity index is 913. The predicted octanol–water partition coefficient (Wildman–Crippen LogP) is 4.56. The second-order valence-electron chi connectivity index (χ2n) is 6.08. The number of fused-ring (bicyclic) bond motifs is 2. The molecule has 0 saturated heterocycles. The zero-order chi connectivity index (χ0) is 16.5. The summed E-state index contributed by atoms with van der Waals surface area (Å²) >= 11 is 0. The molecular weight excluding hydrogens is 330 g/mol. The molecule has 1 aliphatic heterocycles. The molecule has 1 aromatic heterocycles. The summed E-state index contributed by atoms with van der Waals surface area (Å²) in [5, 5.41) is 1.69. The van der Waals surface area contributed by atoms with E-state index >= 15 is 0 Å². The van der Waals surface area contributed by atoms with Crippen LogP contribution in [0.3, 0.4) is 0 Å². The van der Waals surface area contributed by atoms with Gasteiger partial charge in [-0.05, 0) is 29.3 Å². The second-order valence-corrected chi connectivity index (χ2v) is 8.56. The lowest BCUT2D eigenvalue weighted by Gasteiger charge is -2.32. The number of aromatic nitrogens is 1. The van der Waals surface area contributed by atoms with Crippen molar-refractivity contribution in [1.82, 2.24) is 4.98 Å². The molecule has 4 rings (SSSR count). The zero-order valence-corrected chi connectivity index (χ0v) is 15.7. The van der Waals surface area contributed by atoms with Gasteiger partial charge in [-0.2, -0.15) is 0 Å². The monoisotopic (exact) mass is 350 g/mol. The summed E-state index contributed by atoms with van der Waals surface area (Å²) in [6.45, 7) is 1.94. The summed E-state index contributed by atoms with van der Waals surface area (Å²) in [5.74, 6) is 0. The van der Waals surface area contributed by atoms with Gasteiger partial charge in [0, 0.05) is 41.3 Å². The van der Waals surface area contributed by atoms with E-state index in [1.165, 1.54) is 27.8 Å². The van der Waals surface area contributed by atoms with Crippen LogP contribution in [0.4, 0.5) is 5.69 Å². The van der Waals surface area contributed by atoms with Gasteiger partial charge in [-0.3, -0.25) is 4.98 Å². The molecule has 0 spiro atoms. The third-order valence-electron chi connectivity index (χ3n) is 4.42. The van der Waals surface area contributed by atoms with Crippen LogP contribution in [0.15, 0.2) is 66.9 Å². The Hall–Kier alpha value is -1.75. The molecular formula is C20H20N2P2. The van der Waals surface area contributed by atoms with Crippen LogP contribution < -0.4 is 4.90 Å². The van der Waals surface area contributed by atoms with Crippen LogP contribution >= 0.6 is 18.5 Å². The van der Waals surface area contributed by atoms with Crippen molar-refractivity contribution in [2.75, 3.05) is 18.0 Å². The summed E-state index contributed by atoms with van der Waals surface area (Å²) in [5.41, 5.74) is 6.23. The van der Waals surface area contributed by atoms with Crippen molar-refractivity contribution < 1.29 is 0 Å². The van der Waals surface area contributed by atoms with E-state index in [4.69, 9.17) is 0 Å². The molecule has 2 aromatic carbocycles. The number of pyridine rings is 1. The van der Waals surface area contributed by atoms with Crippen LogP contribution in [0.2, 0.25) is 0 Å². The van der Waals surface area contributed by atoms with Crippen molar-refractivity contribution in [3.8, 4) is 0 Å². The quantitative estimate of drug-likeness (QED) is 0.644. The largest absolute Gasteiger partial charge is 0.366 e. The molecule has 0 bridgehead atoms. The molecule has 4 heteroatoms. The number of nitrogens with zero attached hydrogens (tertiary/aromatic N) is 2. The highest BCUT2D eigenvalue weighted by molar-refractivity contribution is 7.37. The van der Waals surface area contributed by atoms with Gasteiger partial charge < -0.3 is 4.90 Å². The third kappa shape index (κ3) is 2.86. The Morgan fingerprint density at radius 2 is 1.75 bits per heavy atom. The Morgan fingerprint density at radius 3 is 2.62 bits per heavy atom. The molecule has 0 amide bonds. The summed E-state index contributed by atoms with van der Waals surface area (Å²) in [6, 6.07) is 19.2. The van der Waals surface area contributed by atoms with E-state index in [2.05, 4.69) is 83.0 Å². The third-order valence-corrected chi connectivity index (χ3v) is 4.84. The first kappa shape index (κ1) is 15.8. The van der Waals surface area contributed by atoms with Crippen molar-refractivity contribution in [2.24, 2.45) is 0 Å². The van der Waals surface area contributed by atoms with Crippen molar-refractivity contribution in [2.45, 2.75) is 5.40 Å². The van der Waals surface area contributed by atoms with E-state index in [9.17, 15) is 0 Å². The fourth-order valence-electron chi connectivity index (χ4n) is 3.40. The maximum absolute atomic E-state index is 4.50. The van der Waals surface area contributed by atoms with E-state index in [0.29, 0.717) is 5.40 Å². The van der Waals surface area contributed by atoms with Crippen LogP contribution in [-0.2, 0) is 0 Å². The minimum absolute atomic E-state index is 0.481. The average Bonchev–Trinajstić information content (AvgIpc) is 2.61. The van der Waals surface area contributed by atoms with E-state index in [1.807, 2.05) is 12.3 Å². The van der Waals surface area contributed by atoms with E-state index in [-0.39, 0.29) is 0 Å². The van der Waals surface area contributed by atoms with Crippen LogP contribution in [0.25, 0.3) is 16.5 Å². The first-order chi connectivity index (χ1) is 11.7. The maximum Gasteiger partial charge on any atom is 0.0708 e. The minimum Gasteiger partial charge on any atom is -0.366 e. The number of anilines is 1. The number of para-hydroxylation sites is 2. The first-order valence-corrected chi connectivity index (χ1v) is 9.47. The molecule has 24 heavy (non-hydrogen) atoms. The molecule has 120 valence electrons. The lowest BCUT2D eigenvalue weighted by atomic mass is 9.91. The molecule has 3 aromatic rings. The van der Waals surface area contributed by atoms with Gasteiger partial charge in [0.05, 0.1) is 5.52 Å². The van der Waals surface area contributed by atoms with Crippen molar-refractivity contribution in [3.63, 3.8) is 0 Å². The molecule has 0 saturated carbocycles. The van der Waals surface area contributed by atoms with Gasteiger partial charge in [-0.15, -0.1) is 18.5 Å². The normalized spacial score (nSPS) is 14.0. The Balaban J connectivity index is 1.86. The van der Waals surface area contributed by atoms with Gasteiger partial charge in [0.2, 0.25) is 0 Å². The number of hydrogen-bond donors (Lipinski definition) is 0. The predicted molar refractivity (Wildman–Crippen MR) is 111 cm³/mol. The summed E-state index contributed by atoms with van der Waals surface area (Å²) < 4.78 is 0. The van der Waals surface area contributed by atoms with Gasteiger partial charge in [-0.1, -0.05) is 42.5 Å². The fourth-order valence-corrected chi connectivity index (χ4v) is 3.91. The van der Waals surface area contributed by atoms with Crippen molar-refractivity contribution in [3.05, 3.63) is 78.0 Å².